The monoisotopic (exact) mass is 249 g/mol. The third-order valence-electron chi connectivity index (χ3n) is 4.15. The van der Waals surface area contributed by atoms with E-state index in [0.29, 0.717) is 16.6 Å². The molecule has 2 fully saturated rings. The number of nitrogen functional groups attached to an aromatic ring is 2. The standard InChI is InChI=1S/C13H19N3S/c14-11-2-1-8(3-12(11)15)6-16-7-9-4-10(16)5-13(9)17/h1-3,9-10,13,17H,4-7,14-15H2. The van der Waals surface area contributed by atoms with Gasteiger partial charge in [-0.2, -0.15) is 12.6 Å². The van der Waals surface area contributed by atoms with Crippen molar-refractivity contribution in [2.45, 2.75) is 30.7 Å². The van der Waals surface area contributed by atoms with Gasteiger partial charge < -0.3 is 11.5 Å². The van der Waals surface area contributed by atoms with Crippen LogP contribution in [-0.4, -0.2) is 22.7 Å². The molecule has 3 unspecified atom stereocenters. The Balaban J connectivity index is 1.70. The first-order valence-electron chi connectivity index (χ1n) is 6.19. The van der Waals surface area contributed by atoms with E-state index in [1.54, 1.807) is 0 Å². The molecule has 1 aliphatic heterocycles. The number of hydrogen-bond acceptors (Lipinski definition) is 4. The number of piperidine rings is 1. The molecule has 1 aliphatic carbocycles. The second-order valence-corrected chi connectivity index (χ2v) is 6.01. The Labute approximate surface area is 108 Å². The number of anilines is 2. The lowest BCUT2D eigenvalue weighted by atomic mass is 10.1. The van der Waals surface area contributed by atoms with Gasteiger partial charge >= 0.3 is 0 Å². The molecule has 0 amide bonds. The molecule has 92 valence electrons. The molecule has 3 atom stereocenters. The summed E-state index contributed by atoms with van der Waals surface area (Å²) < 4.78 is 0. The number of thiol groups is 1. The van der Waals surface area contributed by atoms with Crippen molar-refractivity contribution in [1.82, 2.24) is 4.90 Å². The minimum atomic E-state index is 0.618. The lowest BCUT2D eigenvalue weighted by Crippen LogP contribution is -2.35. The van der Waals surface area contributed by atoms with Gasteiger partial charge in [0.25, 0.3) is 0 Å². The smallest absolute Gasteiger partial charge is 0.0551 e. The molecule has 3 rings (SSSR count). The molecular formula is C13H19N3S. The van der Waals surface area contributed by atoms with Gasteiger partial charge in [0, 0.05) is 24.4 Å². The molecule has 4 heteroatoms. The Bertz CT molecular complexity index is 433. The highest BCUT2D eigenvalue weighted by Crippen LogP contribution is 2.41. The molecule has 0 spiro atoms. The Kier molecular flexibility index (Phi) is 2.71. The first-order chi connectivity index (χ1) is 8.13. The van der Waals surface area contributed by atoms with E-state index in [9.17, 15) is 0 Å². The fraction of sp³-hybridized carbons (Fsp3) is 0.538. The molecular weight excluding hydrogens is 230 g/mol. The van der Waals surface area contributed by atoms with Gasteiger partial charge in [-0.05, 0) is 36.5 Å². The van der Waals surface area contributed by atoms with Gasteiger partial charge in [0.2, 0.25) is 0 Å². The first-order valence-corrected chi connectivity index (χ1v) is 6.71. The zero-order valence-electron chi connectivity index (χ0n) is 9.84. The van der Waals surface area contributed by atoms with Crippen LogP contribution >= 0.6 is 12.6 Å². The number of nitrogens with zero attached hydrogens (tertiary/aromatic N) is 1. The average molecular weight is 249 g/mol. The van der Waals surface area contributed by atoms with Crippen LogP contribution < -0.4 is 11.5 Å². The van der Waals surface area contributed by atoms with Crippen molar-refractivity contribution in [3.8, 4) is 0 Å². The number of rotatable bonds is 2. The summed E-state index contributed by atoms with van der Waals surface area (Å²) in [5, 5.41) is 0.618. The average Bonchev–Trinajstić information content (AvgIpc) is 2.82. The summed E-state index contributed by atoms with van der Waals surface area (Å²) in [4.78, 5) is 2.56. The van der Waals surface area contributed by atoms with Gasteiger partial charge in [0.1, 0.15) is 0 Å². The molecule has 1 aromatic rings. The Morgan fingerprint density at radius 3 is 2.65 bits per heavy atom. The molecule has 2 aliphatic rings. The van der Waals surface area contributed by atoms with Crippen LogP contribution in [0.4, 0.5) is 11.4 Å². The Morgan fingerprint density at radius 2 is 2.06 bits per heavy atom. The van der Waals surface area contributed by atoms with Gasteiger partial charge in [0.15, 0.2) is 0 Å². The third kappa shape index (κ3) is 2.00. The molecule has 4 N–H and O–H groups in total. The van der Waals surface area contributed by atoms with Crippen molar-refractivity contribution in [2.75, 3.05) is 18.0 Å². The van der Waals surface area contributed by atoms with Crippen LogP contribution in [0.1, 0.15) is 18.4 Å². The normalized spacial score (nSPS) is 32.2. The topological polar surface area (TPSA) is 55.3 Å². The van der Waals surface area contributed by atoms with Crippen molar-refractivity contribution < 1.29 is 0 Å². The highest BCUT2D eigenvalue weighted by molar-refractivity contribution is 7.81. The summed E-state index contributed by atoms with van der Waals surface area (Å²) in [6, 6.07) is 6.71. The van der Waals surface area contributed by atoms with Crippen LogP contribution in [-0.2, 0) is 6.54 Å². The predicted octanol–water partition coefficient (Wildman–Crippen LogP) is 1.74. The van der Waals surface area contributed by atoms with Gasteiger partial charge in [0.05, 0.1) is 11.4 Å². The quantitative estimate of drug-likeness (QED) is 0.553. The second-order valence-electron chi connectivity index (χ2n) is 5.35. The van der Waals surface area contributed by atoms with Gasteiger partial charge in [-0.1, -0.05) is 6.07 Å². The maximum absolute atomic E-state index is 5.84. The van der Waals surface area contributed by atoms with Crippen LogP contribution in [0.2, 0.25) is 0 Å². The highest BCUT2D eigenvalue weighted by Gasteiger charge is 2.42. The van der Waals surface area contributed by atoms with Crippen LogP contribution in [0, 0.1) is 5.92 Å². The summed E-state index contributed by atoms with van der Waals surface area (Å²) in [5.74, 6) is 0.787. The zero-order valence-corrected chi connectivity index (χ0v) is 10.7. The number of nitrogens with two attached hydrogens (primary N) is 2. The van der Waals surface area contributed by atoms with E-state index < -0.39 is 0 Å². The molecule has 1 saturated carbocycles. The fourth-order valence-electron chi connectivity index (χ4n) is 3.17. The first kappa shape index (κ1) is 11.2. The lowest BCUT2D eigenvalue weighted by Gasteiger charge is -2.29. The fourth-order valence-corrected chi connectivity index (χ4v) is 3.63. The molecule has 1 aromatic carbocycles. The highest BCUT2D eigenvalue weighted by atomic mass is 32.1. The number of benzene rings is 1. The van der Waals surface area contributed by atoms with Crippen LogP contribution in [0.3, 0.4) is 0 Å². The van der Waals surface area contributed by atoms with Crippen LogP contribution in [0.15, 0.2) is 18.2 Å². The molecule has 3 nitrogen and oxygen atoms in total. The lowest BCUT2D eigenvalue weighted by molar-refractivity contribution is 0.209. The van der Waals surface area contributed by atoms with E-state index in [0.717, 1.165) is 18.5 Å². The molecule has 0 radical (unpaired) electrons. The minimum Gasteiger partial charge on any atom is -0.397 e. The summed E-state index contributed by atoms with van der Waals surface area (Å²) in [7, 11) is 0. The molecule has 1 saturated heterocycles. The largest absolute Gasteiger partial charge is 0.397 e. The van der Waals surface area contributed by atoms with Crippen LogP contribution in [0.25, 0.3) is 0 Å². The second kappa shape index (κ2) is 4.10. The number of fused-ring (bicyclic) bond motifs is 2. The SMILES string of the molecule is Nc1ccc(CN2CC3CC2CC3S)cc1N. The number of likely N-dealkylation sites (tertiary alicyclic amines) is 1. The van der Waals surface area contributed by atoms with E-state index in [1.807, 2.05) is 12.1 Å². The molecule has 1 heterocycles. The summed E-state index contributed by atoms with van der Waals surface area (Å²) in [6.07, 6.45) is 2.55. The van der Waals surface area contributed by atoms with E-state index in [1.165, 1.54) is 24.9 Å². The summed E-state index contributed by atoms with van der Waals surface area (Å²) in [5.41, 5.74) is 14.2. The van der Waals surface area contributed by atoms with Crippen molar-refractivity contribution in [3.05, 3.63) is 23.8 Å². The van der Waals surface area contributed by atoms with Gasteiger partial charge in [-0.15, -0.1) is 0 Å². The van der Waals surface area contributed by atoms with Crippen molar-refractivity contribution >= 4 is 24.0 Å². The number of hydrogen-bond donors (Lipinski definition) is 3. The summed E-state index contributed by atoms with van der Waals surface area (Å²) in [6.45, 7) is 2.18. The third-order valence-corrected chi connectivity index (χ3v) is 4.79. The molecule has 17 heavy (non-hydrogen) atoms. The zero-order chi connectivity index (χ0) is 12.0. The minimum absolute atomic E-state index is 0.618. The molecule has 2 bridgehead atoms. The van der Waals surface area contributed by atoms with Gasteiger partial charge in [-0.25, -0.2) is 0 Å². The van der Waals surface area contributed by atoms with E-state index in [2.05, 4.69) is 23.6 Å². The van der Waals surface area contributed by atoms with Gasteiger partial charge in [-0.3, -0.25) is 4.90 Å². The Hall–Kier alpha value is -0.870. The van der Waals surface area contributed by atoms with E-state index in [-0.39, 0.29) is 0 Å². The van der Waals surface area contributed by atoms with Crippen LogP contribution in [0.5, 0.6) is 0 Å². The van der Waals surface area contributed by atoms with Crippen molar-refractivity contribution in [3.63, 3.8) is 0 Å². The van der Waals surface area contributed by atoms with E-state index in [4.69, 9.17) is 11.5 Å². The van der Waals surface area contributed by atoms with Crippen molar-refractivity contribution in [2.24, 2.45) is 5.92 Å². The van der Waals surface area contributed by atoms with E-state index >= 15 is 0 Å². The molecule has 0 aromatic heterocycles. The maximum atomic E-state index is 5.84. The van der Waals surface area contributed by atoms with Crippen molar-refractivity contribution in [1.29, 1.82) is 0 Å². The Morgan fingerprint density at radius 1 is 1.24 bits per heavy atom. The predicted molar refractivity (Wildman–Crippen MR) is 75.0 cm³/mol. The maximum Gasteiger partial charge on any atom is 0.0551 e. The summed E-state index contributed by atoms with van der Waals surface area (Å²) >= 11 is 4.63.